The molecule has 0 fully saturated rings. The van der Waals surface area contributed by atoms with Gasteiger partial charge in [0.1, 0.15) is 0 Å². The zero-order chi connectivity index (χ0) is 12.3. The number of aryl methyl sites for hydroxylation is 1. The minimum Gasteiger partial charge on any atom is -0.340 e. The maximum Gasteiger partial charge on any atom is 0.247 e. The molecule has 0 bridgehead atoms. The van der Waals surface area contributed by atoms with Gasteiger partial charge < -0.3 is 9.88 Å². The second-order valence-electron chi connectivity index (χ2n) is 3.70. The molecular weight excluding hydrogens is 214 g/mol. The van der Waals surface area contributed by atoms with Crippen LogP contribution in [0.1, 0.15) is 0 Å². The largest absolute Gasteiger partial charge is 0.340 e. The molecular formula is C13H13N3O. The Bertz CT molecular complexity index is 557. The monoisotopic (exact) mass is 227 g/mol. The summed E-state index contributed by atoms with van der Waals surface area (Å²) in [6.45, 7) is 3.41. The summed E-state index contributed by atoms with van der Waals surface area (Å²) in [6, 6.07) is 7.53. The maximum atomic E-state index is 11.2. The Morgan fingerprint density at radius 3 is 3.00 bits per heavy atom. The summed E-state index contributed by atoms with van der Waals surface area (Å²) < 4.78 is 1.88. The molecule has 1 N–H and O–H groups in total. The molecule has 0 atom stereocenters. The van der Waals surface area contributed by atoms with Crippen molar-refractivity contribution in [1.29, 1.82) is 0 Å². The molecule has 2 aromatic rings. The average molecular weight is 227 g/mol. The van der Waals surface area contributed by atoms with Crippen molar-refractivity contribution in [2.45, 2.75) is 0 Å². The van der Waals surface area contributed by atoms with Crippen LogP contribution in [0.4, 0.5) is 5.69 Å². The van der Waals surface area contributed by atoms with Crippen LogP contribution in [0.2, 0.25) is 0 Å². The molecule has 1 aromatic carbocycles. The van der Waals surface area contributed by atoms with Gasteiger partial charge in [0.15, 0.2) is 0 Å². The molecule has 0 radical (unpaired) electrons. The van der Waals surface area contributed by atoms with Gasteiger partial charge in [0, 0.05) is 24.5 Å². The van der Waals surface area contributed by atoms with E-state index in [2.05, 4.69) is 16.9 Å². The van der Waals surface area contributed by atoms with Gasteiger partial charge in [0.05, 0.1) is 12.0 Å². The van der Waals surface area contributed by atoms with Gasteiger partial charge >= 0.3 is 0 Å². The second kappa shape index (κ2) is 4.65. The fraction of sp³-hybridized carbons (Fsp3) is 0.0769. The van der Waals surface area contributed by atoms with E-state index in [1.807, 2.05) is 42.1 Å². The number of nitrogens with one attached hydrogen (secondary N) is 1. The highest BCUT2D eigenvalue weighted by Gasteiger charge is 2.03. The summed E-state index contributed by atoms with van der Waals surface area (Å²) in [4.78, 5) is 15.4. The van der Waals surface area contributed by atoms with E-state index in [0.717, 1.165) is 16.9 Å². The molecule has 1 aromatic heterocycles. The lowest BCUT2D eigenvalue weighted by Gasteiger charge is -2.03. The topological polar surface area (TPSA) is 46.9 Å². The number of carbonyl (C=O) groups excluding carboxylic acids is 1. The highest BCUT2D eigenvalue weighted by molar-refractivity contribution is 5.99. The third-order valence-corrected chi connectivity index (χ3v) is 2.32. The Hall–Kier alpha value is -2.36. The van der Waals surface area contributed by atoms with E-state index in [-0.39, 0.29) is 5.91 Å². The molecule has 86 valence electrons. The van der Waals surface area contributed by atoms with Gasteiger partial charge in [-0.05, 0) is 18.2 Å². The van der Waals surface area contributed by atoms with Crippen molar-refractivity contribution >= 4 is 11.6 Å². The SMILES string of the molecule is C=CC(=O)Nc1cccc(-c2cn(C)cn2)c1. The van der Waals surface area contributed by atoms with Crippen molar-refractivity contribution in [2.24, 2.45) is 7.05 Å². The first-order valence-electron chi connectivity index (χ1n) is 5.21. The van der Waals surface area contributed by atoms with Crippen molar-refractivity contribution < 1.29 is 4.79 Å². The van der Waals surface area contributed by atoms with Crippen LogP contribution in [0.3, 0.4) is 0 Å². The zero-order valence-corrected chi connectivity index (χ0v) is 9.55. The number of imidazole rings is 1. The van der Waals surface area contributed by atoms with Gasteiger partial charge in [0.2, 0.25) is 5.91 Å². The van der Waals surface area contributed by atoms with Gasteiger partial charge in [-0.2, -0.15) is 0 Å². The van der Waals surface area contributed by atoms with E-state index in [0.29, 0.717) is 0 Å². The molecule has 4 heteroatoms. The van der Waals surface area contributed by atoms with E-state index < -0.39 is 0 Å². The Balaban J connectivity index is 2.28. The fourth-order valence-corrected chi connectivity index (χ4v) is 1.51. The van der Waals surface area contributed by atoms with E-state index >= 15 is 0 Å². The summed E-state index contributed by atoms with van der Waals surface area (Å²) in [5.41, 5.74) is 2.58. The molecule has 0 spiro atoms. The molecule has 2 rings (SSSR count). The summed E-state index contributed by atoms with van der Waals surface area (Å²) in [5.74, 6) is -0.219. The van der Waals surface area contributed by atoms with Crippen LogP contribution in [-0.2, 0) is 11.8 Å². The number of amides is 1. The Morgan fingerprint density at radius 1 is 1.53 bits per heavy atom. The van der Waals surface area contributed by atoms with Crippen LogP contribution in [0, 0.1) is 0 Å². The molecule has 0 saturated heterocycles. The van der Waals surface area contributed by atoms with Crippen LogP contribution >= 0.6 is 0 Å². The highest BCUT2D eigenvalue weighted by atomic mass is 16.1. The lowest BCUT2D eigenvalue weighted by molar-refractivity contribution is -0.111. The van der Waals surface area contributed by atoms with Crippen LogP contribution < -0.4 is 5.32 Å². The fourth-order valence-electron chi connectivity index (χ4n) is 1.51. The van der Waals surface area contributed by atoms with Crippen molar-refractivity contribution in [1.82, 2.24) is 9.55 Å². The van der Waals surface area contributed by atoms with Crippen LogP contribution in [0.5, 0.6) is 0 Å². The number of carbonyl (C=O) groups is 1. The van der Waals surface area contributed by atoms with E-state index in [4.69, 9.17) is 0 Å². The van der Waals surface area contributed by atoms with Gasteiger partial charge in [-0.25, -0.2) is 4.98 Å². The van der Waals surface area contributed by atoms with Crippen LogP contribution in [0.15, 0.2) is 49.4 Å². The summed E-state index contributed by atoms with van der Waals surface area (Å²) >= 11 is 0. The number of aromatic nitrogens is 2. The Kier molecular flexibility index (Phi) is 3.05. The van der Waals surface area contributed by atoms with Crippen LogP contribution in [0.25, 0.3) is 11.3 Å². The zero-order valence-electron chi connectivity index (χ0n) is 9.55. The van der Waals surface area contributed by atoms with Gasteiger partial charge in [-0.15, -0.1) is 0 Å². The lowest BCUT2D eigenvalue weighted by atomic mass is 10.1. The Morgan fingerprint density at radius 2 is 2.35 bits per heavy atom. The number of hydrogen-bond acceptors (Lipinski definition) is 2. The quantitative estimate of drug-likeness (QED) is 0.817. The van der Waals surface area contributed by atoms with Gasteiger partial charge in [0.25, 0.3) is 0 Å². The molecule has 0 aliphatic heterocycles. The maximum absolute atomic E-state index is 11.2. The predicted molar refractivity (Wildman–Crippen MR) is 67.5 cm³/mol. The molecule has 1 amide bonds. The minimum absolute atomic E-state index is 0.219. The third kappa shape index (κ3) is 2.60. The molecule has 0 unspecified atom stereocenters. The highest BCUT2D eigenvalue weighted by Crippen LogP contribution is 2.20. The third-order valence-electron chi connectivity index (χ3n) is 2.32. The molecule has 17 heavy (non-hydrogen) atoms. The van der Waals surface area contributed by atoms with Crippen molar-refractivity contribution in [3.63, 3.8) is 0 Å². The van der Waals surface area contributed by atoms with E-state index in [1.165, 1.54) is 6.08 Å². The minimum atomic E-state index is -0.219. The van der Waals surface area contributed by atoms with E-state index in [1.54, 1.807) is 6.33 Å². The number of benzene rings is 1. The van der Waals surface area contributed by atoms with Crippen molar-refractivity contribution in [3.05, 3.63) is 49.4 Å². The molecule has 0 saturated carbocycles. The summed E-state index contributed by atoms with van der Waals surface area (Å²) in [5, 5.41) is 2.72. The molecule has 0 aliphatic rings. The summed E-state index contributed by atoms with van der Waals surface area (Å²) in [7, 11) is 1.92. The number of nitrogens with zero attached hydrogens (tertiary/aromatic N) is 2. The van der Waals surface area contributed by atoms with Crippen molar-refractivity contribution in [2.75, 3.05) is 5.32 Å². The van der Waals surface area contributed by atoms with Gasteiger partial charge in [-0.3, -0.25) is 4.79 Å². The smallest absolute Gasteiger partial charge is 0.247 e. The first-order chi connectivity index (χ1) is 8.19. The summed E-state index contributed by atoms with van der Waals surface area (Å²) in [6.07, 6.45) is 4.91. The molecule has 0 aliphatic carbocycles. The molecule has 1 heterocycles. The lowest BCUT2D eigenvalue weighted by Crippen LogP contribution is -2.06. The first-order valence-corrected chi connectivity index (χ1v) is 5.21. The standard InChI is InChI=1S/C13H13N3O/c1-3-13(17)15-11-6-4-5-10(7-11)12-8-16(2)9-14-12/h3-9H,1H2,2H3,(H,15,17). The average Bonchev–Trinajstić information content (AvgIpc) is 2.76. The number of hydrogen-bond donors (Lipinski definition) is 1. The van der Waals surface area contributed by atoms with E-state index in [9.17, 15) is 4.79 Å². The number of anilines is 1. The van der Waals surface area contributed by atoms with Crippen molar-refractivity contribution in [3.8, 4) is 11.3 Å². The van der Waals surface area contributed by atoms with Crippen LogP contribution in [-0.4, -0.2) is 15.5 Å². The first kappa shape index (κ1) is 11.1. The predicted octanol–water partition coefficient (Wildman–Crippen LogP) is 2.21. The second-order valence-corrected chi connectivity index (χ2v) is 3.70. The Labute approximate surface area is 99.6 Å². The number of rotatable bonds is 3. The molecule has 4 nitrogen and oxygen atoms in total. The normalized spacial score (nSPS) is 9.94. The van der Waals surface area contributed by atoms with Gasteiger partial charge in [-0.1, -0.05) is 18.7 Å².